The van der Waals surface area contributed by atoms with Crippen molar-refractivity contribution in [2.24, 2.45) is 81.8 Å². The number of aliphatic carboxylic acids is 2. The lowest BCUT2D eigenvalue weighted by molar-refractivity contribution is -0.198. The normalized spacial score (nSPS) is 92.3. The van der Waals surface area contributed by atoms with E-state index in [4.69, 9.17) is 18.9 Å². The molecule has 2 saturated heterocycles. The fourth-order valence-corrected chi connectivity index (χ4v) is 18.0. The molecule has 0 aromatic heterocycles. The van der Waals surface area contributed by atoms with Crippen LogP contribution in [-0.4, -0.2) is 70.0 Å². The molecule has 4 spiro atoms. The summed E-state index contributed by atoms with van der Waals surface area (Å²) >= 11 is 0. The zero-order valence-electron chi connectivity index (χ0n) is 17.3. The van der Waals surface area contributed by atoms with Gasteiger partial charge in [-0.25, -0.2) is 0 Å². The van der Waals surface area contributed by atoms with Crippen LogP contribution in [0.3, 0.4) is 0 Å². The molecule has 0 aromatic rings. The van der Waals surface area contributed by atoms with Gasteiger partial charge in [0.15, 0.2) is 0 Å². The number of methoxy groups -OCH3 is 2. The zero-order chi connectivity index (χ0) is 20.9. The molecule has 2 aliphatic heterocycles. The highest BCUT2D eigenvalue weighted by molar-refractivity contribution is 5.93. The predicted molar refractivity (Wildman–Crippen MR) is 94.6 cm³/mol. The Morgan fingerprint density at radius 3 is 1.12 bits per heavy atom. The van der Waals surface area contributed by atoms with E-state index in [1.54, 1.807) is 14.2 Å². The number of carbonyl (C=O) groups is 2. The van der Waals surface area contributed by atoms with Crippen LogP contribution in [0.2, 0.25) is 0 Å². The molecule has 0 amide bonds. The van der Waals surface area contributed by atoms with Gasteiger partial charge in [0.2, 0.25) is 0 Å². The average molecular weight is 436 g/mol. The summed E-state index contributed by atoms with van der Waals surface area (Å²) in [6, 6.07) is 0. The van der Waals surface area contributed by atoms with Crippen LogP contribution >= 0.6 is 0 Å². The highest BCUT2D eigenvalue weighted by Gasteiger charge is 3.28. The van der Waals surface area contributed by atoms with Gasteiger partial charge >= 0.3 is 11.9 Å². The largest absolute Gasteiger partial charge is 0.481 e. The summed E-state index contributed by atoms with van der Waals surface area (Å²) in [6.45, 7) is 0. The van der Waals surface area contributed by atoms with Crippen molar-refractivity contribution >= 4 is 11.9 Å². The lowest BCUT2D eigenvalue weighted by Crippen LogP contribution is -2.61. The minimum absolute atomic E-state index is 0.0413. The SMILES string of the molecule is COC12[C@H]3C4C5[C@@H]6C7(OC)[C@H]4[C@]48O[C@]34[C@H]3C4C9[C@H](C31C(=O)O)[C@]1(O[C@]61[C@@H]9C7(C(=O)O)[C@@H]48)[C@@H]52. The van der Waals surface area contributed by atoms with E-state index in [-0.39, 0.29) is 71.0 Å². The van der Waals surface area contributed by atoms with Crippen molar-refractivity contribution in [2.45, 2.75) is 33.6 Å². The molecule has 164 valence electrons. The summed E-state index contributed by atoms with van der Waals surface area (Å²) in [5.74, 6) is -1.16. The van der Waals surface area contributed by atoms with Crippen LogP contribution in [0.5, 0.6) is 0 Å². The molecular formula is C24H20O8. The monoisotopic (exact) mass is 436 g/mol. The molecule has 0 radical (unpaired) electrons. The first kappa shape index (κ1) is 14.9. The summed E-state index contributed by atoms with van der Waals surface area (Å²) in [4.78, 5) is 27.1. The molecule has 14 aliphatic rings. The Hall–Kier alpha value is -1.22. The van der Waals surface area contributed by atoms with E-state index < -0.39 is 56.4 Å². The van der Waals surface area contributed by atoms with Crippen LogP contribution in [0.15, 0.2) is 0 Å². The Balaban J connectivity index is 1.36. The van der Waals surface area contributed by atoms with E-state index in [2.05, 4.69) is 0 Å². The third kappa shape index (κ3) is 0.574. The van der Waals surface area contributed by atoms with Crippen LogP contribution in [0.1, 0.15) is 0 Å². The number of epoxide rings is 2. The highest BCUT2D eigenvalue weighted by Crippen LogP contribution is 3.16. The molecule has 14 fully saturated rings. The molecule has 2 heterocycles. The average Bonchev–Trinajstić information content (AvgIpc) is 3.22. The molecule has 12 saturated carbocycles. The summed E-state index contributed by atoms with van der Waals surface area (Å²) in [7, 11) is 3.49. The number of hydrogen-bond acceptors (Lipinski definition) is 6. The number of carboxylic acid groups (broad SMARTS) is 2. The molecule has 8 nitrogen and oxygen atoms in total. The van der Waals surface area contributed by atoms with Crippen molar-refractivity contribution < 1.29 is 38.7 Å². The van der Waals surface area contributed by atoms with Gasteiger partial charge in [0.1, 0.15) is 33.2 Å². The third-order valence-electron chi connectivity index (χ3n) is 16.0. The lowest BCUT2D eigenvalue weighted by atomic mass is 9.59. The first-order valence-corrected chi connectivity index (χ1v) is 12.3. The highest BCUT2D eigenvalue weighted by atomic mass is 16.7. The fourth-order valence-electron chi connectivity index (χ4n) is 18.0. The molecule has 8 unspecified atom stereocenters. The number of carboxylic acids is 2. The predicted octanol–water partition coefficient (Wildman–Crippen LogP) is -0.542. The second kappa shape index (κ2) is 2.87. The van der Waals surface area contributed by atoms with Crippen LogP contribution in [0, 0.1) is 81.8 Å². The van der Waals surface area contributed by atoms with Crippen molar-refractivity contribution in [2.75, 3.05) is 14.2 Å². The van der Waals surface area contributed by atoms with Gasteiger partial charge < -0.3 is 29.2 Å². The second-order valence-corrected chi connectivity index (χ2v) is 13.9. The Labute approximate surface area is 180 Å². The molecule has 12 aliphatic carbocycles. The summed E-state index contributed by atoms with van der Waals surface area (Å²) in [5, 5.41) is 22.3. The van der Waals surface area contributed by atoms with E-state index in [0.717, 1.165) is 0 Å². The molecular weight excluding hydrogens is 416 g/mol. The van der Waals surface area contributed by atoms with Gasteiger partial charge in [-0.3, -0.25) is 9.59 Å². The topological polar surface area (TPSA) is 118 Å². The Kier molecular flexibility index (Phi) is 1.34. The molecule has 32 heavy (non-hydrogen) atoms. The van der Waals surface area contributed by atoms with Crippen molar-refractivity contribution in [1.82, 2.24) is 0 Å². The minimum Gasteiger partial charge on any atom is -0.481 e. The zero-order valence-corrected chi connectivity index (χ0v) is 17.3. The van der Waals surface area contributed by atoms with Crippen molar-refractivity contribution in [3.63, 3.8) is 0 Å². The van der Waals surface area contributed by atoms with Crippen LogP contribution in [0.25, 0.3) is 0 Å². The summed E-state index contributed by atoms with van der Waals surface area (Å²) in [5.41, 5.74) is -5.52. The van der Waals surface area contributed by atoms with Crippen LogP contribution in [0.4, 0.5) is 0 Å². The summed E-state index contributed by atoms with van der Waals surface area (Å²) < 4.78 is 27.1. The Bertz CT molecular complexity index is 1170. The number of hydrogen-bond donors (Lipinski definition) is 2. The standard InChI is InChI=1S/C24H20O8/c1-29-19-11-5-6-12(19)22-8-4-3-7(17(8,19)15(25)26)21(11)23(31-21)9(3)18(16(27)28)10(4)24(22,32-22)14(6)20(18,30-2)13(5)23/h3-14H,1-2H3,(H,25,26)(H,27,28)/t3?,4?,5?,6?,7-,8+,9+,10-,11+,12-,13-,14+,17?,18?,19?,20?,21+,22-,23-,24+. The Morgan fingerprint density at radius 1 is 0.594 bits per heavy atom. The number of rotatable bonds is 4. The van der Waals surface area contributed by atoms with Crippen molar-refractivity contribution in [3.05, 3.63) is 0 Å². The van der Waals surface area contributed by atoms with E-state index in [1.807, 2.05) is 0 Å². The Morgan fingerprint density at radius 2 is 0.875 bits per heavy atom. The minimum atomic E-state index is -0.989. The maximum atomic E-state index is 13.6. The van der Waals surface area contributed by atoms with Crippen LogP contribution in [-0.2, 0) is 28.5 Å². The van der Waals surface area contributed by atoms with Crippen molar-refractivity contribution in [1.29, 1.82) is 0 Å². The van der Waals surface area contributed by atoms with Crippen LogP contribution < -0.4 is 0 Å². The summed E-state index contributed by atoms with van der Waals surface area (Å²) in [6.07, 6.45) is 0. The third-order valence-corrected chi connectivity index (χ3v) is 16.0. The van der Waals surface area contributed by atoms with Gasteiger partial charge in [-0.2, -0.15) is 0 Å². The van der Waals surface area contributed by atoms with E-state index >= 15 is 0 Å². The second-order valence-electron chi connectivity index (χ2n) is 13.9. The quantitative estimate of drug-likeness (QED) is 0.564. The van der Waals surface area contributed by atoms with E-state index in [1.165, 1.54) is 0 Å². The smallest absolute Gasteiger partial charge is 0.313 e. The van der Waals surface area contributed by atoms with Gasteiger partial charge in [-0.15, -0.1) is 0 Å². The lowest BCUT2D eigenvalue weighted by Gasteiger charge is -2.48. The van der Waals surface area contributed by atoms with Crippen molar-refractivity contribution in [3.8, 4) is 0 Å². The number of ether oxygens (including phenoxy) is 4. The van der Waals surface area contributed by atoms with Gasteiger partial charge in [-0.05, 0) is 23.7 Å². The molecule has 8 heteroatoms. The molecule has 14 rings (SSSR count). The first-order valence-electron chi connectivity index (χ1n) is 12.3. The van der Waals surface area contributed by atoms with Gasteiger partial charge in [0.05, 0.1) is 11.2 Å². The molecule has 0 bridgehead atoms. The fraction of sp³-hybridized carbons (Fsp3) is 0.917. The van der Waals surface area contributed by atoms with E-state index in [9.17, 15) is 19.8 Å². The maximum Gasteiger partial charge on any atom is 0.313 e. The van der Waals surface area contributed by atoms with Gasteiger partial charge in [0, 0.05) is 61.6 Å². The molecule has 20 atom stereocenters. The maximum absolute atomic E-state index is 13.6. The molecule has 2 N–H and O–H groups in total. The molecule has 0 aromatic carbocycles. The van der Waals surface area contributed by atoms with E-state index in [0.29, 0.717) is 0 Å². The van der Waals surface area contributed by atoms with Gasteiger partial charge in [0.25, 0.3) is 0 Å². The first-order chi connectivity index (χ1) is 15.4. The van der Waals surface area contributed by atoms with Gasteiger partial charge in [-0.1, -0.05) is 0 Å².